The highest BCUT2D eigenvalue weighted by atomic mass is 16.5. The Labute approximate surface area is 105 Å². The summed E-state index contributed by atoms with van der Waals surface area (Å²) in [5.41, 5.74) is 1.41. The molecular formula is C14H14N2O2. The molecule has 0 unspecified atom stereocenters. The highest BCUT2D eigenvalue weighted by Crippen LogP contribution is 2.13. The molecule has 4 nitrogen and oxygen atoms in total. The molecule has 0 fully saturated rings. The highest BCUT2D eigenvalue weighted by molar-refractivity contribution is 5.99. The summed E-state index contributed by atoms with van der Waals surface area (Å²) >= 11 is 0. The number of rotatable bonds is 3. The van der Waals surface area contributed by atoms with Crippen LogP contribution in [0.1, 0.15) is 0 Å². The summed E-state index contributed by atoms with van der Waals surface area (Å²) in [6, 6.07) is 18.4. The van der Waals surface area contributed by atoms with E-state index in [0.29, 0.717) is 5.69 Å². The average Bonchev–Trinajstić information content (AvgIpc) is 2.40. The predicted octanol–water partition coefficient (Wildman–Crippen LogP) is 2.14. The fourth-order valence-electron chi connectivity index (χ4n) is 1.46. The van der Waals surface area contributed by atoms with Crippen LogP contribution in [0, 0.1) is 0 Å². The Morgan fingerprint density at radius 1 is 0.889 bits per heavy atom. The molecule has 2 aromatic carbocycles. The zero-order valence-electron chi connectivity index (χ0n) is 9.69. The summed E-state index contributed by atoms with van der Waals surface area (Å²) in [6.07, 6.45) is -1.65. The van der Waals surface area contributed by atoms with E-state index in [1.807, 2.05) is 48.5 Å². The van der Waals surface area contributed by atoms with Gasteiger partial charge in [0.15, 0.2) is 5.84 Å². The highest BCUT2D eigenvalue weighted by Gasteiger charge is 2.09. The van der Waals surface area contributed by atoms with Crippen molar-refractivity contribution in [2.75, 3.05) is 5.32 Å². The van der Waals surface area contributed by atoms with E-state index in [9.17, 15) is 10.2 Å². The summed E-state index contributed by atoms with van der Waals surface area (Å²) in [4.78, 5) is 4.16. The van der Waals surface area contributed by atoms with Gasteiger partial charge in [0.1, 0.15) is 0 Å². The molecule has 3 N–H and O–H groups in total. The third-order valence-electron chi connectivity index (χ3n) is 2.30. The molecular weight excluding hydrogens is 228 g/mol. The molecule has 2 rings (SSSR count). The molecule has 92 valence electrons. The van der Waals surface area contributed by atoms with Crippen LogP contribution in [0.5, 0.6) is 0 Å². The Balaban J connectivity index is 2.22. The van der Waals surface area contributed by atoms with Crippen LogP contribution in [-0.2, 0) is 0 Å². The number of amidine groups is 1. The zero-order chi connectivity index (χ0) is 12.8. The number of nitrogens with one attached hydrogen (secondary N) is 1. The molecule has 0 heterocycles. The second-order valence-corrected chi connectivity index (χ2v) is 3.70. The van der Waals surface area contributed by atoms with Crippen molar-refractivity contribution >= 4 is 17.2 Å². The number of benzene rings is 2. The summed E-state index contributed by atoms with van der Waals surface area (Å²) in [7, 11) is 0. The maximum absolute atomic E-state index is 9.30. The lowest BCUT2D eigenvalue weighted by molar-refractivity contribution is 0.0196. The SMILES string of the molecule is OC(O)C(=Nc1ccccc1)Nc1ccccc1. The number of hydrogen-bond acceptors (Lipinski definition) is 3. The van der Waals surface area contributed by atoms with Crippen molar-refractivity contribution in [3.05, 3.63) is 60.7 Å². The Morgan fingerprint density at radius 2 is 1.44 bits per heavy atom. The Morgan fingerprint density at radius 3 is 2.00 bits per heavy atom. The van der Waals surface area contributed by atoms with E-state index in [1.54, 1.807) is 12.1 Å². The zero-order valence-corrected chi connectivity index (χ0v) is 9.69. The maximum atomic E-state index is 9.30. The lowest BCUT2D eigenvalue weighted by Crippen LogP contribution is -2.27. The standard InChI is InChI=1S/C14H14N2O2/c17-14(18)13(15-11-7-3-1-4-8-11)16-12-9-5-2-6-10-12/h1-10,14,17-18H,(H,15,16). The van der Waals surface area contributed by atoms with Crippen LogP contribution in [0.4, 0.5) is 11.4 Å². The van der Waals surface area contributed by atoms with Crippen molar-refractivity contribution in [2.24, 2.45) is 4.99 Å². The number of hydrogen-bond donors (Lipinski definition) is 3. The lowest BCUT2D eigenvalue weighted by Gasteiger charge is -2.11. The molecule has 18 heavy (non-hydrogen) atoms. The van der Waals surface area contributed by atoms with E-state index < -0.39 is 6.29 Å². The van der Waals surface area contributed by atoms with Gasteiger partial charge in [0.2, 0.25) is 6.29 Å². The summed E-state index contributed by atoms with van der Waals surface area (Å²) in [5, 5.41) is 21.5. The van der Waals surface area contributed by atoms with Gasteiger partial charge < -0.3 is 15.5 Å². The first-order valence-electron chi connectivity index (χ1n) is 5.57. The van der Waals surface area contributed by atoms with Gasteiger partial charge in [-0.15, -0.1) is 0 Å². The largest absolute Gasteiger partial charge is 0.362 e. The number of aliphatic hydroxyl groups excluding tert-OH is 1. The minimum atomic E-state index is -1.65. The molecule has 0 aliphatic heterocycles. The molecule has 2 aromatic rings. The number of nitrogens with zero attached hydrogens (tertiary/aromatic N) is 1. The van der Waals surface area contributed by atoms with E-state index in [0.717, 1.165) is 5.69 Å². The number of para-hydroxylation sites is 2. The van der Waals surface area contributed by atoms with Crippen LogP contribution in [-0.4, -0.2) is 22.3 Å². The second-order valence-electron chi connectivity index (χ2n) is 3.70. The van der Waals surface area contributed by atoms with Gasteiger partial charge in [0.25, 0.3) is 0 Å². The third kappa shape index (κ3) is 3.41. The number of anilines is 1. The van der Waals surface area contributed by atoms with Gasteiger partial charge in [-0.05, 0) is 24.3 Å². The third-order valence-corrected chi connectivity index (χ3v) is 2.30. The minimum absolute atomic E-state index is 0.0902. The van der Waals surface area contributed by atoms with E-state index in [2.05, 4.69) is 10.3 Å². The van der Waals surface area contributed by atoms with Crippen molar-refractivity contribution in [3.8, 4) is 0 Å². The van der Waals surface area contributed by atoms with Crippen molar-refractivity contribution in [3.63, 3.8) is 0 Å². The molecule has 0 spiro atoms. The molecule has 0 saturated carbocycles. The molecule has 0 aliphatic rings. The van der Waals surface area contributed by atoms with Gasteiger partial charge >= 0.3 is 0 Å². The first-order valence-corrected chi connectivity index (χ1v) is 5.57. The van der Waals surface area contributed by atoms with Crippen LogP contribution in [0.2, 0.25) is 0 Å². The maximum Gasteiger partial charge on any atom is 0.212 e. The fraction of sp³-hybridized carbons (Fsp3) is 0.0714. The predicted molar refractivity (Wildman–Crippen MR) is 71.8 cm³/mol. The van der Waals surface area contributed by atoms with Crippen molar-refractivity contribution in [1.29, 1.82) is 0 Å². The van der Waals surface area contributed by atoms with E-state index in [4.69, 9.17) is 0 Å². The van der Waals surface area contributed by atoms with Crippen LogP contribution < -0.4 is 5.32 Å². The van der Waals surface area contributed by atoms with Gasteiger partial charge in [0, 0.05) is 5.69 Å². The second kappa shape index (κ2) is 5.95. The fourth-order valence-corrected chi connectivity index (χ4v) is 1.46. The molecule has 0 aromatic heterocycles. The van der Waals surface area contributed by atoms with Crippen LogP contribution in [0.25, 0.3) is 0 Å². The minimum Gasteiger partial charge on any atom is -0.362 e. The average molecular weight is 242 g/mol. The molecule has 0 amide bonds. The summed E-state index contributed by atoms with van der Waals surface area (Å²) in [5.74, 6) is 0.0902. The van der Waals surface area contributed by atoms with Gasteiger partial charge in [-0.25, -0.2) is 4.99 Å². The van der Waals surface area contributed by atoms with Crippen molar-refractivity contribution < 1.29 is 10.2 Å². The molecule has 0 atom stereocenters. The van der Waals surface area contributed by atoms with E-state index in [-0.39, 0.29) is 5.84 Å². The Kier molecular flexibility index (Phi) is 4.06. The molecule has 0 saturated heterocycles. The smallest absolute Gasteiger partial charge is 0.212 e. The number of aliphatic hydroxyl groups is 2. The van der Waals surface area contributed by atoms with Crippen molar-refractivity contribution in [2.45, 2.75) is 6.29 Å². The van der Waals surface area contributed by atoms with Gasteiger partial charge in [-0.3, -0.25) is 0 Å². The molecule has 0 aliphatic carbocycles. The monoisotopic (exact) mass is 242 g/mol. The van der Waals surface area contributed by atoms with Crippen LogP contribution in [0.15, 0.2) is 65.7 Å². The topological polar surface area (TPSA) is 64.8 Å². The van der Waals surface area contributed by atoms with E-state index >= 15 is 0 Å². The van der Waals surface area contributed by atoms with Gasteiger partial charge in [-0.2, -0.15) is 0 Å². The number of aliphatic imine (C=N–C) groups is 1. The van der Waals surface area contributed by atoms with Crippen LogP contribution >= 0.6 is 0 Å². The molecule has 0 bridgehead atoms. The van der Waals surface area contributed by atoms with Crippen LogP contribution in [0.3, 0.4) is 0 Å². The van der Waals surface area contributed by atoms with Gasteiger partial charge in [-0.1, -0.05) is 36.4 Å². The Hall–Kier alpha value is -2.17. The first-order chi connectivity index (χ1) is 8.75. The molecule has 0 radical (unpaired) electrons. The Bertz CT molecular complexity index is 510. The first kappa shape index (κ1) is 12.3. The molecule has 4 heteroatoms. The normalized spacial score (nSPS) is 11.6. The van der Waals surface area contributed by atoms with E-state index in [1.165, 1.54) is 0 Å². The summed E-state index contributed by atoms with van der Waals surface area (Å²) in [6.45, 7) is 0. The summed E-state index contributed by atoms with van der Waals surface area (Å²) < 4.78 is 0. The van der Waals surface area contributed by atoms with Gasteiger partial charge in [0.05, 0.1) is 5.69 Å². The van der Waals surface area contributed by atoms with Crippen molar-refractivity contribution in [1.82, 2.24) is 0 Å². The quantitative estimate of drug-likeness (QED) is 0.439. The lowest BCUT2D eigenvalue weighted by atomic mass is 10.3.